The second-order valence-electron chi connectivity index (χ2n) is 9.51. The van der Waals surface area contributed by atoms with Crippen molar-refractivity contribution in [3.05, 3.63) is 54.0 Å². The van der Waals surface area contributed by atoms with Crippen LogP contribution in [0.1, 0.15) is 50.7 Å². The number of anilines is 1. The van der Waals surface area contributed by atoms with Gasteiger partial charge >= 0.3 is 6.09 Å². The molecule has 0 radical (unpaired) electrons. The number of hydrogen-bond donors (Lipinski definition) is 0. The summed E-state index contributed by atoms with van der Waals surface area (Å²) >= 11 is 0. The fraction of sp³-hybridized carbons (Fsp3) is 0.440. The SMILES string of the molecule is CCc1cccnc1N1C[C@@]2(CCC[C@](C)(Cn3cnc4ccc(C#N)cc43)C2)OC1=O. The van der Waals surface area contributed by atoms with Gasteiger partial charge in [-0.15, -0.1) is 0 Å². The predicted octanol–water partition coefficient (Wildman–Crippen LogP) is 4.84. The Morgan fingerprint density at radius 2 is 2.12 bits per heavy atom. The van der Waals surface area contributed by atoms with Gasteiger partial charge < -0.3 is 9.30 Å². The Morgan fingerprint density at radius 1 is 1.25 bits per heavy atom. The molecule has 0 bridgehead atoms. The molecule has 7 heteroatoms. The largest absolute Gasteiger partial charge is 0.441 e. The third-order valence-corrected chi connectivity index (χ3v) is 6.94. The summed E-state index contributed by atoms with van der Waals surface area (Å²) in [6.07, 6.45) is 7.80. The first kappa shape index (κ1) is 20.5. The summed E-state index contributed by atoms with van der Waals surface area (Å²) in [5.74, 6) is 0.716. The number of nitriles is 1. The van der Waals surface area contributed by atoms with Gasteiger partial charge in [0.1, 0.15) is 11.4 Å². The van der Waals surface area contributed by atoms with Crippen LogP contribution in [0.5, 0.6) is 0 Å². The fourth-order valence-corrected chi connectivity index (χ4v) is 5.55. The summed E-state index contributed by atoms with van der Waals surface area (Å²) in [5.41, 5.74) is 2.99. The Labute approximate surface area is 187 Å². The molecule has 32 heavy (non-hydrogen) atoms. The summed E-state index contributed by atoms with van der Waals surface area (Å²) in [6.45, 7) is 5.64. The Morgan fingerprint density at radius 3 is 2.94 bits per heavy atom. The van der Waals surface area contributed by atoms with E-state index in [0.717, 1.165) is 55.2 Å². The second kappa shape index (κ2) is 7.63. The first-order chi connectivity index (χ1) is 15.4. The van der Waals surface area contributed by atoms with E-state index < -0.39 is 5.60 Å². The summed E-state index contributed by atoms with van der Waals surface area (Å²) in [5, 5.41) is 9.28. The normalized spacial score (nSPS) is 25.3. The molecule has 1 aliphatic heterocycles. The Balaban J connectivity index is 1.41. The van der Waals surface area contributed by atoms with Gasteiger partial charge in [0, 0.05) is 12.7 Å². The van der Waals surface area contributed by atoms with Gasteiger partial charge in [-0.25, -0.2) is 14.8 Å². The minimum atomic E-state index is -0.499. The highest BCUT2D eigenvalue weighted by atomic mass is 16.6. The van der Waals surface area contributed by atoms with E-state index in [-0.39, 0.29) is 11.5 Å². The number of imidazole rings is 1. The number of nitrogens with zero attached hydrogens (tertiary/aromatic N) is 5. The number of pyridine rings is 1. The van der Waals surface area contributed by atoms with Gasteiger partial charge in [-0.3, -0.25) is 4.90 Å². The standard InChI is InChI=1S/C25H27N5O2/c1-3-19-6-4-11-27-22(19)30-16-25(32-23(30)31)10-5-9-24(2,14-25)15-29-17-28-20-8-7-18(13-26)12-21(20)29/h4,6-8,11-12,17H,3,5,9-10,14-16H2,1-2H3/t24-,25-/m0/s1. The van der Waals surface area contributed by atoms with Gasteiger partial charge in [-0.05, 0) is 67.3 Å². The molecule has 3 heterocycles. The van der Waals surface area contributed by atoms with Gasteiger partial charge in [-0.1, -0.05) is 19.9 Å². The Bertz CT molecular complexity index is 1230. The van der Waals surface area contributed by atoms with Crippen LogP contribution < -0.4 is 4.90 Å². The van der Waals surface area contributed by atoms with E-state index in [2.05, 4.69) is 34.5 Å². The van der Waals surface area contributed by atoms with E-state index in [0.29, 0.717) is 17.9 Å². The minimum Gasteiger partial charge on any atom is -0.441 e. The molecule has 1 spiro atoms. The maximum Gasteiger partial charge on any atom is 0.416 e. The third-order valence-electron chi connectivity index (χ3n) is 6.94. The summed E-state index contributed by atoms with van der Waals surface area (Å²) in [6, 6.07) is 11.7. The van der Waals surface area contributed by atoms with Gasteiger partial charge in [0.25, 0.3) is 0 Å². The minimum absolute atomic E-state index is 0.0531. The van der Waals surface area contributed by atoms with Crippen molar-refractivity contribution >= 4 is 22.9 Å². The lowest BCUT2D eigenvalue weighted by Crippen LogP contribution is -2.45. The zero-order valence-electron chi connectivity index (χ0n) is 18.5. The van der Waals surface area contributed by atoms with Crippen LogP contribution in [-0.4, -0.2) is 32.8 Å². The van der Waals surface area contributed by atoms with Crippen LogP contribution in [0.15, 0.2) is 42.9 Å². The molecule has 2 aromatic heterocycles. The Hall–Kier alpha value is -3.40. The maximum absolute atomic E-state index is 12.9. The van der Waals surface area contributed by atoms with E-state index in [1.165, 1.54) is 0 Å². The molecule has 5 rings (SSSR count). The molecule has 1 saturated heterocycles. The summed E-state index contributed by atoms with van der Waals surface area (Å²) < 4.78 is 8.21. The zero-order chi connectivity index (χ0) is 22.3. The first-order valence-electron chi connectivity index (χ1n) is 11.2. The highest BCUT2D eigenvalue weighted by molar-refractivity contribution is 5.90. The smallest absolute Gasteiger partial charge is 0.416 e. The maximum atomic E-state index is 12.9. The van der Waals surface area contributed by atoms with Gasteiger partial charge in [0.15, 0.2) is 0 Å². The molecule has 7 nitrogen and oxygen atoms in total. The van der Waals surface area contributed by atoms with Gasteiger partial charge in [0.2, 0.25) is 0 Å². The molecule has 2 atom stereocenters. The number of carbonyl (C=O) groups excluding carboxylic acids is 1. The number of carbonyl (C=O) groups is 1. The van der Waals surface area contributed by atoms with Crippen molar-refractivity contribution in [2.24, 2.45) is 5.41 Å². The lowest BCUT2D eigenvalue weighted by Gasteiger charge is -2.43. The topological polar surface area (TPSA) is 84.0 Å². The highest BCUT2D eigenvalue weighted by Crippen LogP contribution is 2.48. The van der Waals surface area contributed by atoms with Crippen molar-refractivity contribution in [1.82, 2.24) is 14.5 Å². The van der Waals surface area contributed by atoms with Crippen molar-refractivity contribution in [1.29, 1.82) is 5.26 Å². The first-order valence-corrected chi connectivity index (χ1v) is 11.2. The molecular formula is C25H27N5O2. The van der Waals surface area contributed by atoms with Crippen LogP contribution in [0.25, 0.3) is 11.0 Å². The van der Waals surface area contributed by atoms with E-state index in [9.17, 15) is 10.1 Å². The number of amides is 1. The van der Waals surface area contributed by atoms with Crippen molar-refractivity contribution in [3.63, 3.8) is 0 Å². The number of ether oxygens (including phenoxy) is 1. The molecule has 1 saturated carbocycles. The number of rotatable bonds is 4. The van der Waals surface area contributed by atoms with Crippen LogP contribution >= 0.6 is 0 Å². The number of benzene rings is 1. The third kappa shape index (κ3) is 3.50. The Kier molecular flexibility index (Phi) is 4.89. The average Bonchev–Trinajstić information content (AvgIpc) is 3.32. The summed E-state index contributed by atoms with van der Waals surface area (Å²) in [7, 11) is 0. The number of hydrogen-bond acceptors (Lipinski definition) is 5. The molecule has 1 aliphatic carbocycles. The van der Waals surface area contributed by atoms with Gasteiger partial charge in [0.05, 0.1) is 35.5 Å². The van der Waals surface area contributed by atoms with Crippen LogP contribution in [0.2, 0.25) is 0 Å². The van der Waals surface area contributed by atoms with Gasteiger partial charge in [-0.2, -0.15) is 5.26 Å². The molecule has 2 aliphatic rings. The fourth-order valence-electron chi connectivity index (χ4n) is 5.55. The quantitative estimate of drug-likeness (QED) is 0.592. The molecule has 1 aromatic carbocycles. The van der Waals surface area contributed by atoms with E-state index >= 15 is 0 Å². The molecule has 2 fully saturated rings. The van der Waals surface area contributed by atoms with Crippen molar-refractivity contribution in [3.8, 4) is 6.07 Å². The molecule has 1 amide bonds. The van der Waals surface area contributed by atoms with E-state index in [4.69, 9.17) is 4.74 Å². The molecule has 164 valence electrons. The lowest BCUT2D eigenvalue weighted by molar-refractivity contribution is -0.0264. The van der Waals surface area contributed by atoms with Crippen LogP contribution in [0.3, 0.4) is 0 Å². The van der Waals surface area contributed by atoms with E-state index in [1.807, 2.05) is 30.6 Å². The van der Waals surface area contributed by atoms with Crippen molar-refractivity contribution < 1.29 is 9.53 Å². The highest BCUT2D eigenvalue weighted by Gasteiger charge is 2.52. The number of fused-ring (bicyclic) bond motifs is 1. The van der Waals surface area contributed by atoms with Crippen molar-refractivity contribution in [2.45, 2.75) is 58.1 Å². The number of aromatic nitrogens is 3. The second-order valence-corrected chi connectivity index (χ2v) is 9.51. The van der Waals surface area contributed by atoms with E-state index in [1.54, 1.807) is 17.2 Å². The van der Waals surface area contributed by atoms with Crippen LogP contribution in [-0.2, 0) is 17.7 Å². The average molecular weight is 430 g/mol. The predicted molar refractivity (Wildman–Crippen MR) is 121 cm³/mol. The molecule has 3 aromatic rings. The lowest BCUT2D eigenvalue weighted by atomic mass is 9.68. The summed E-state index contributed by atoms with van der Waals surface area (Å²) in [4.78, 5) is 23.6. The number of aryl methyl sites for hydroxylation is 1. The van der Waals surface area contributed by atoms with Crippen LogP contribution in [0.4, 0.5) is 10.6 Å². The molecule has 0 N–H and O–H groups in total. The van der Waals surface area contributed by atoms with Crippen LogP contribution in [0, 0.1) is 16.7 Å². The molecule has 0 unspecified atom stereocenters. The monoisotopic (exact) mass is 429 g/mol. The zero-order valence-corrected chi connectivity index (χ0v) is 18.5. The molecular weight excluding hydrogens is 402 g/mol. The van der Waals surface area contributed by atoms with Crippen molar-refractivity contribution in [2.75, 3.05) is 11.4 Å².